The van der Waals surface area contributed by atoms with Crippen LogP contribution in [0.3, 0.4) is 0 Å². The van der Waals surface area contributed by atoms with Crippen LogP contribution in [0.25, 0.3) is 0 Å². The first kappa shape index (κ1) is 15.6. The summed E-state index contributed by atoms with van der Waals surface area (Å²) in [7, 11) is 1.83. The van der Waals surface area contributed by atoms with Gasteiger partial charge in [0.15, 0.2) is 0 Å². The van der Waals surface area contributed by atoms with Crippen molar-refractivity contribution < 1.29 is 4.74 Å². The molecule has 0 unspecified atom stereocenters. The molecule has 4 atom stereocenters. The quantitative estimate of drug-likeness (QED) is 0.602. The van der Waals surface area contributed by atoms with Gasteiger partial charge in [-0.1, -0.05) is 25.5 Å². The Labute approximate surface area is 135 Å². The van der Waals surface area contributed by atoms with Crippen LogP contribution in [0.1, 0.15) is 87.0 Å². The van der Waals surface area contributed by atoms with Crippen molar-refractivity contribution in [3.8, 4) is 5.75 Å². The van der Waals surface area contributed by atoms with Gasteiger partial charge in [0.1, 0.15) is 5.75 Å². The van der Waals surface area contributed by atoms with Crippen LogP contribution >= 0.6 is 0 Å². The van der Waals surface area contributed by atoms with E-state index in [9.17, 15) is 0 Å². The average molecular weight is 298 g/mol. The van der Waals surface area contributed by atoms with Crippen LogP contribution in [0, 0.1) is 12.8 Å². The first-order valence-corrected chi connectivity index (χ1v) is 8.80. The van der Waals surface area contributed by atoms with E-state index in [1.807, 2.05) is 7.11 Å². The highest BCUT2D eigenvalue weighted by Crippen LogP contribution is 2.55. The molecule has 0 N–H and O–H groups in total. The molecule has 1 heteroatoms. The lowest BCUT2D eigenvalue weighted by Crippen LogP contribution is -2.28. The van der Waals surface area contributed by atoms with E-state index in [2.05, 4.69) is 46.8 Å². The van der Waals surface area contributed by atoms with Crippen molar-refractivity contribution in [1.29, 1.82) is 0 Å². The summed E-state index contributed by atoms with van der Waals surface area (Å²) in [5.41, 5.74) is 7.63. The predicted molar refractivity (Wildman–Crippen MR) is 94.1 cm³/mol. The fraction of sp³-hybridized carbons (Fsp3) is 0.619. The third kappa shape index (κ3) is 2.39. The molecule has 1 nitrogen and oxygen atoms in total. The summed E-state index contributed by atoms with van der Waals surface area (Å²) in [6, 6.07) is 2.29. The van der Waals surface area contributed by atoms with Gasteiger partial charge in [0.2, 0.25) is 0 Å². The van der Waals surface area contributed by atoms with Crippen molar-refractivity contribution in [3.05, 3.63) is 40.0 Å². The fourth-order valence-electron chi connectivity index (χ4n) is 4.93. The molecule has 0 spiro atoms. The van der Waals surface area contributed by atoms with Gasteiger partial charge in [-0.25, -0.2) is 0 Å². The first-order chi connectivity index (χ1) is 10.4. The Hall–Kier alpha value is -1.24. The van der Waals surface area contributed by atoms with Crippen LogP contribution < -0.4 is 4.74 Å². The Morgan fingerprint density at radius 2 is 1.86 bits per heavy atom. The van der Waals surface area contributed by atoms with Gasteiger partial charge in [-0.2, -0.15) is 0 Å². The molecule has 0 fully saturated rings. The van der Waals surface area contributed by atoms with Crippen LogP contribution in [0.15, 0.2) is 17.7 Å². The molecule has 0 heterocycles. The minimum absolute atomic E-state index is 0.584. The second-order valence-electron chi connectivity index (χ2n) is 7.79. The summed E-state index contributed by atoms with van der Waals surface area (Å²) in [5.74, 6) is 3.83. The highest BCUT2D eigenvalue weighted by Gasteiger charge is 2.39. The topological polar surface area (TPSA) is 9.23 Å². The van der Waals surface area contributed by atoms with Crippen LogP contribution in [0.5, 0.6) is 5.75 Å². The molecule has 3 rings (SSSR count). The van der Waals surface area contributed by atoms with E-state index < -0.39 is 0 Å². The largest absolute Gasteiger partial charge is 0.496 e. The van der Waals surface area contributed by atoms with E-state index in [0.717, 1.165) is 17.6 Å². The van der Waals surface area contributed by atoms with Gasteiger partial charge in [0.25, 0.3) is 0 Å². The lowest BCUT2D eigenvalue weighted by molar-refractivity contribution is 0.322. The molecule has 1 aromatic rings. The van der Waals surface area contributed by atoms with E-state index in [-0.39, 0.29) is 0 Å². The molecule has 22 heavy (non-hydrogen) atoms. The monoisotopic (exact) mass is 298 g/mol. The Balaban J connectivity index is 2.28. The summed E-state index contributed by atoms with van der Waals surface area (Å²) >= 11 is 0. The molecule has 0 bridgehead atoms. The Kier molecular flexibility index (Phi) is 4.09. The lowest BCUT2D eigenvalue weighted by atomic mass is 9.62. The number of allylic oxidation sites excluding steroid dienone is 2. The van der Waals surface area contributed by atoms with Crippen LogP contribution in [-0.4, -0.2) is 7.11 Å². The molecule has 0 saturated carbocycles. The number of hydrogen-bond donors (Lipinski definition) is 0. The summed E-state index contributed by atoms with van der Waals surface area (Å²) in [5, 5.41) is 0. The minimum atomic E-state index is 0.584. The van der Waals surface area contributed by atoms with Gasteiger partial charge in [0.05, 0.1) is 7.11 Å². The normalized spacial score (nSPS) is 29.7. The maximum Gasteiger partial charge on any atom is 0.122 e. The standard InChI is InChI=1S/C21H30O/c1-12(2)9-16-10-14(4)17-8-7-13(3)20-18(22-6)11-15(5)19(16)21(17)20/h9,11,13-14,16-17H,7-8,10H2,1-6H3/t13-,14-,16-,17+/m1/s1. The van der Waals surface area contributed by atoms with Gasteiger partial charge in [-0.15, -0.1) is 0 Å². The van der Waals surface area contributed by atoms with Gasteiger partial charge in [-0.05, 0) is 80.5 Å². The highest BCUT2D eigenvalue weighted by atomic mass is 16.5. The molecule has 2 aliphatic carbocycles. The zero-order chi connectivity index (χ0) is 16.0. The molecular formula is C21H30O. The van der Waals surface area contributed by atoms with E-state index in [0.29, 0.717) is 11.8 Å². The molecular weight excluding hydrogens is 268 g/mol. The molecule has 0 radical (unpaired) electrons. The van der Waals surface area contributed by atoms with Crippen molar-refractivity contribution in [1.82, 2.24) is 0 Å². The Morgan fingerprint density at radius 1 is 1.14 bits per heavy atom. The summed E-state index contributed by atoms with van der Waals surface area (Å²) in [4.78, 5) is 0. The zero-order valence-electron chi connectivity index (χ0n) is 15.0. The lowest BCUT2D eigenvalue weighted by Gasteiger charge is -2.43. The second-order valence-corrected chi connectivity index (χ2v) is 7.79. The van der Waals surface area contributed by atoms with Crippen molar-refractivity contribution in [3.63, 3.8) is 0 Å². The summed E-state index contributed by atoms with van der Waals surface area (Å²) in [6.45, 7) is 11.6. The van der Waals surface area contributed by atoms with Gasteiger partial charge < -0.3 is 4.74 Å². The summed E-state index contributed by atoms with van der Waals surface area (Å²) in [6.07, 6.45) is 6.43. The molecule has 0 aromatic heterocycles. The second kappa shape index (κ2) is 5.76. The maximum atomic E-state index is 5.77. The molecule has 0 amide bonds. The third-order valence-electron chi connectivity index (χ3n) is 5.83. The molecule has 2 aliphatic rings. The number of aryl methyl sites for hydroxylation is 1. The zero-order valence-corrected chi connectivity index (χ0v) is 15.0. The number of ether oxygens (including phenoxy) is 1. The fourth-order valence-corrected chi connectivity index (χ4v) is 4.93. The van der Waals surface area contributed by atoms with Crippen molar-refractivity contribution >= 4 is 0 Å². The number of methoxy groups -OCH3 is 1. The molecule has 120 valence electrons. The van der Waals surface area contributed by atoms with Crippen molar-refractivity contribution in [2.45, 2.75) is 71.6 Å². The maximum absolute atomic E-state index is 5.77. The Bertz CT molecular complexity index is 607. The molecule has 0 aliphatic heterocycles. The summed E-state index contributed by atoms with van der Waals surface area (Å²) < 4.78 is 5.77. The average Bonchev–Trinajstić information content (AvgIpc) is 2.44. The van der Waals surface area contributed by atoms with Gasteiger partial charge in [0, 0.05) is 11.5 Å². The Morgan fingerprint density at radius 3 is 2.50 bits per heavy atom. The van der Waals surface area contributed by atoms with Crippen LogP contribution in [-0.2, 0) is 0 Å². The minimum Gasteiger partial charge on any atom is -0.496 e. The predicted octanol–water partition coefficient (Wildman–Crippen LogP) is 6.07. The smallest absolute Gasteiger partial charge is 0.122 e. The van der Waals surface area contributed by atoms with E-state index in [4.69, 9.17) is 4.74 Å². The first-order valence-electron chi connectivity index (χ1n) is 8.80. The van der Waals surface area contributed by atoms with Crippen LogP contribution in [0.4, 0.5) is 0 Å². The van der Waals surface area contributed by atoms with E-state index in [1.165, 1.54) is 36.0 Å². The SMILES string of the molecule is COc1cc(C)c2c3c1[C@H](C)CC[C@H]3[C@H](C)C[C@H]2C=C(C)C. The van der Waals surface area contributed by atoms with Gasteiger partial charge in [-0.3, -0.25) is 0 Å². The van der Waals surface area contributed by atoms with E-state index >= 15 is 0 Å². The van der Waals surface area contributed by atoms with Crippen LogP contribution in [0.2, 0.25) is 0 Å². The van der Waals surface area contributed by atoms with E-state index in [1.54, 1.807) is 11.1 Å². The third-order valence-corrected chi connectivity index (χ3v) is 5.83. The molecule has 1 aromatic carbocycles. The number of rotatable bonds is 2. The van der Waals surface area contributed by atoms with Gasteiger partial charge >= 0.3 is 0 Å². The van der Waals surface area contributed by atoms with Crippen molar-refractivity contribution in [2.75, 3.05) is 7.11 Å². The number of hydrogen-bond acceptors (Lipinski definition) is 1. The highest BCUT2D eigenvalue weighted by molar-refractivity contribution is 5.57. The number of benzene rings is 1. The van der Waals surface area contributed by atoms with Crippen molar-refractivity contribution in [2.24, 2.45) is 5.92 Å². The molecule has 0 saturated heterocycles.